The second-order valence-electron chi connectivity index (χ2n) is 5.79. The Balaban J connectivity index is 2.32. The Hall–Kier alpha value is -1.84. The summed E-state index contributed by atoms with van der Waals surface area (Å²) in [6, 6.07) is 7.87. The molecule has 2 N–H and O–H groups in total. The lowest BCUT2D eigenvalue weighted by atomic mass is 9.99. The van der Waals surface area contributed by atoms with Gasteiger partial charge in [0.25, 0.3) is 0 Å². The highest BCUT2D eigenvalue weighted by Gasteiger charge is 2.14. The van der Waals surface area contributed by atoms with Crippen molar-refractivity contribution >= 4 is 11.8 Å². The largest absolute Gasteiger partial charge is 0.348 e. The van der Waals surface area contributed by atoms with Crippen LogP contribution >= 0.6 is 0 Å². The van der Waals surface area contributed by atoms with Crippen LogP contribution in [0.4, 0.5) is 0 Å². The van der Waals surface area contributed by atoms with Gasteiger partial charge in [0.1, 0.15) is 0 Å². The fourth-order valence-corrected chi connectivity index (χ4v) is 2.23. The zero-order valence-electron chi connectivity index (χ0n) is 13.9. The molecule has 4 nitrogen and oxygen atoms in total. The van der Waals surface area contributed by atoms with Crippen LogP contribution < -0.4 is 10.6 Å². The smallest absolute Gasteiger partial charge is 0.309 e. The Kier molecular flexibility index (Phi) is 8.26. The molecule has 0 aliphatic heterocycles. The minimum absolute atomic E-state index is 0.375. The van der Waals surface area contributed by atoms with Crippen LogP contribution in [0.3, 0.4) is 0 Å². The van der Waals surface area contributed by atoms with Gasteiger partial charge in [-0.15, -0.1) is 0 Å². The summed E-state index contributed by atoms with van der Waals surface area (Å²) in [6.45, 7) is 7.24. The molecule has 0 saturated carbocycles. The van der Waals surface area contributed by atoms with Crippen LogP contribution in [-0.2, 0) is 16.1 Å². The molecular weight excluding hydrogens is 276 g/mol. The maximum Gasteiger partial charge on any atom is 0.309 e. The van der Waals surface area contributed by atoms with E-state index in [9.17, 15) is 9.59 Å². The summed E-state index contributed by atoms with van der Waals surface area (Å²) in [5.41, 5.74) is 2.16. The quantitative estimate of drug-likeness (QED) is 0.725. The summed E-state index contributed by atoms with van der Waals surface area (Å²) in [6.07, 6.45) is 4.43. The van der Waals surface area contributed by atoms with Crippen molar-refractivity contribution in [3.8, 4) is 0 Å². The molecule has 0 bridgehead atoms. The highest BCUT2D eigenvalue weighted by Crippen LogP contribution is 2.11. The van der Waals surface area contributed by atoms with E-state index in [2.05, 4.69) is 24.5 Å². The number of hydrogen-bond acceptors (Lipinski definition) is 2. The number of benzene rings is 1. The van der Waals surface area contributed by atoms with Gasteiger partial charge in [-0.3, -0.25) is 9.59 Å². The van der Waals surface area contributed by atoms with E-state index in [1.54, 1.807) is 0 Å². The Morgan fingerprint density at radius 3 is 2.27 bits per heavy atom. The predicted molar refractivity (Wildman–Crippen MR) is 89.3 cm³/mol. The number of carbonyl (C=O) groups is 2. The van der Waals surface area contributed by atoms with Crippen LogP contribution in [0, 0.1) is 12.8 Å². The highest BCUT2D eigenvalue weighted by molar-refractivity contribution is 6.35. The van der Waals surface area contributed by atoms with E-state index in [0.717, 1.165) is 31.2 Å². The third-order valence-electron chi connectivity index (χ3n) is 3.87. The van der Waals surface area contributed by atoms with E-state index in [-0.39, 0.29) is 0 Å². The molecule has 0 radical (unpaired) electrons. The van der Waals surface area contributed by atoms with Crippen LogP contribution in [0.1, 0.15) is 50.7 Å². The summed E-state index contributed by atoms with van der Waals surface area (Å²) in [7, 11) is 0. The fourth-order valence-electron chi connectivity index (χ4n) is 2.23. The summed E-state index contributed by atoms with van der Waals surface area (Å²) in [5, 5.41) is 5.39. The number of amides is 2. The van der Waals surface area contributed by atoms with Crippen molar-refractivity contribution in [2.24, 2.45) is 5.92 Å². The lowest BCUT2D eigenvalue weighted by molar-refractivity contribution is -0.139. The number of hydrogen-bond donors (Lipinski definition) is 2. The van der Waals surface area contributed by atoms with Gasteiger partial charge >= 0.3 is 11.8 Å². The Morgan fingerprint density at radius 2 is 1.68 bits per heavy atom. The first kappa shape index (κ1) is 18.2. The molecule has 0 aliphatic rings. The second kappa shape index (κ2) is 9.98. The Labute approximate surface area is 133 Å². The van der Waals surface area contributed by atoms with Gasteiger partial charge in [-0.05, 0) is 24.8 Å². The summed E-state index contributed by atoms with van der Waals surface area (Å²) >= 11 is 0. The third-order valence-corrected chi connectivity index (χ3v) is 3.87. The highest BCUT2D eigenvalue weighted by atomic mass is 16.2. The van der Waals surface area contributed by atoms with E-state index in [4.69, 9.17) is 0 Å². The van der Waals surface area contributed by atoms with Crippen LogP contribution in [-0.4, -0.2) is 18.4 Å². The van der Waals surface area contributed by atoms with Crippen molar-refractivity contribution in [2.75, 3.05) is 6.54 Å². The average molecular weight is 304 g/mol. The first-order valence-corrected chi connectivity index (χ1v) is 8.18. The molecule has 122 valence electrons. The van der Waals surface area contributed by atoms with Crippen molar-refractivity contribution in [1.82, 2.24) is 10.6 Å². The van der Waals surface area contributed by atoms with Gasteiger partial charge in [0.2, 0.25) is 0 Å². The summed E-state index contributed by atoms with van der Waals surface area (Å²) in [4.78, 5) is 23.6. The van der Waals surface area contributed by atoms with E-state index in [1.165, 1.54) is 5.56 Å². The monoisotopic (exact) mass is 304 g/mol. The number of carbonyl (C=O) groups excluding carboxylic acids is 2. The maximum absolute atomic E-state index is 11.8. The molecule has 1 aromatic carbocycles. The molecule has 0 heterocycles. The first-order chi connectivity index (χ1) is 10.6. The van der Waals surface area contributed by atoms with Crippen LogP contribution in [0.5, 0.6) is 0 Å². The third kappa shape index (κ3) is 6.74. The topological polar surface area (TPSA) is 58.2 Å². The number of rotatable bonds is 8. The molecule has 0 aliphatic carbocycles. The molecule has 0 saturated heterocycles. The van der Waals surface area contributed by atoms with Gasteiger partial charge in [-0.2, -0.15) is 0 Å². The van der Waals surface area contributed by atoms with Gasteiger partial charge in [-0.25, -0.2) is 0 Å². The normalized spacial score (nSPS) is 11.8. The van der Waals surface area contributed by atoms with Crippen molar-refractivity contribution in [2.45, 2.75) is 53.0 Å². The van der Waals surface area contributed by atoms with Crippen molar-refractivity contribution in [3.05, 3.63) is 35.4 Å². The SMILES string of the molecule is CCCC[C@H](CC)CNC(=O)C(=O)NCc1ccc(C)cc1. The molecule has 1 atom stereocenters. The van der Waals surface area contributed by atoms with Crippen LogP contribution in [0.2, 0.25) is 0 Å². The molecule has 1 aromatic rings. The summed E-state index contributed by atoms with van der Waals surface area (Å²) in [5.74, 6) is -0.651. The van der Waals surface area contributed by atoms with Gasteiger partial charge in [0, 0.05) is 13.1 Å². The molecule has 4 heteroatoms. The minimum Gasteiger partial charge on any atom is -0.348 e. The molecule has 0 unspecified atom stereocenters. The van der Waals surface area contributed by atoms with Crippen LogP contribution in [0.25, 0.3) is 0 Å². The predicted octanol–water partition coefficient (Wildman–Crippen LogP) is 2.94. The van der Waals surface area contributed by atoms with Crippen molar-refractivity contribution < 1.29 is 9.59 Å². The van der Waals surface area contributed by atoms with Gasteiger partial charge < -0.3 is 10.6 Å². The maximum atomic E-state index is 11.8. The first-order valence-electron chi connectivity index (χ1n) is 8.18. The zero-order valence-corrected chi connectivity index (χ0v) is 13.9. The molecule has 2 amide bonds. The molecule has 0 aromatic heterocycles. The Morgan fingerprint density at radius 1 is 1.05 bits per heavy atom. The van der Waals surface area contributed by atoms with E-state index < -0.39 is 11.8 Å². The van der Waals surface area contributed by atoms with Gasteiger partial charge in [0.05, 0.1) is 0 Å². The van der Waals surface area contributed by atoms with E-state index in [0.29, 0.717) is 19.0 Å². The number of aryl methyl sites for hydroxylation is 1. The lowest BCUT2D eigenvalue weighted by Gasteiger charge is -2.15. The molecule has 0 spiro atoms. The molecular formula is C18H28N2O2. The van der Waals surface area contributed by atoms with Crippen molar-refractivity contribution in [3.63, 3.8) is 0 Å². The molecule has 0 fully saturated rings. The zero-order chi connectivity index (χ0) is 16.4. The van der Waals surface area contributed by atoms with Gasteiger partial charge in [-0.1, -0.05) is 62.9 Å². The van der Waals surface area contributed by atoms with Crippen molar-refractivity contribution in [1.29, 1.82) is 0 Å². The van der Waals surface area contributed by atoms with Crippen LogP contribution in [0.15, 0.2) is 24.3 Å². The van der Waals surface area contributed by atoms with E-state index in [1.807, 2.05) is 31.2 Å². The lowest BCUT2D eigenvalue weighted by Crippen LogP contribution is -2.41. The minimum atomic E-state index is -0.564. The number of nitrogens with one attached hydrogen (secondary N) is 2. The average Bonchev–Trinajstić information content (AvgIpc) is 2.54. The standard InChI is InChI=1S/C18H28N2O2/c1-4-6-7-15(5-2)12-19-17(21)18(22)20-13-16-10-8-14(3)9-11-16/h8-11,15H,4-7,12-13H2,1-3H3,(H,19,21)(H,20,22)/t15-/m0/s1. The Bertz CT molecular complexity index is 468. The fraction of sp³-hybridized carbons (Fsp3) is 0.556. The summed E-state index contributed by atoms with van der Waals surface area (Å²) < 4.78 is 0. The molecule has 1 rings (SSSR count). The van der Waals surface area contributed by atoms with E-state index >= 15 is 0 Å². The molecule has 22 heavy (non-hydrogen) atoms. The number of unbranched alkanes of at least 4 members (excludes halogenated alkanes) is 1. The second-order valence-corrected chi connectivity index (χ2v) is 5.79. The van der Waals surface area contributed by atoms with Gasteiger partial charge in [0.15, 0.2) is 0 Å².